The molecule has 123 valence electrons. The van der Waals surface area contributed by atoms with Crippen molar-refractivity contribution in [3.05, 3.63) is 53.8 Å². The van der Waals surface area contributed by atoms with Crippen LogP contribution in [0.5, 0.6) is 0 Å². The molecule has 0 aliphatic carbocycles. The average Bonchev–Trinajstić information content (AvgIpc) is 2.46. The second-order valence-electron chi connectivity index (χ2n) is 7.10. The standard InChI is InChI=1S/C19H25FNOSi/c1-19(2,3)18(22-23(4)5)15-9-7-6-8-14(15)13-10-11-17(21)16(20)12-13/h6-12,18H,21H2,1-5H3. The monoisotopic (exact) mass is 330 g/mol. The van der Waals surface area contributed by atoms with Crippen LogP contribution in [0.1, 0.15) is 32.4 Å². The van der Waals surface area contributed by atoms with Crippen molar-refractivity contribution in [3.63, 3.8) is 0 Å². The van der Waals surface area contributed by atoms with Gasteiger partial charge in [-0.05, 0) is 47.3 Å². The summed E-state index contributed by atoms with van der Waals surface area (Å²) in [4.78, 5) is 0. The first-order valence-electron chi connectivity index (χ1n) is 7.81. The molecule has 0 spiro atoms. The van der Waals surface area contributed by atoms with Crippen molar-refractivity contribution < 1.29 is 8.82 Å². The predicted octanol–water partition coefficient (Wildman–Crippen LogP) is 5.43. The lowest BCUT2D eigenvalue weighted by molar-refractivity contribution is 0.0871. The van der Waals surface area contributed by atoms with Crippen molar-refractivity contribution in [2.24, 2.45) is 5.41 Å². The highest BCUT2D eigenvalue weighted by Crippen LogP contribution is 2.41. The van der Waals surface area contributed by atoms with Crippen molar-refractivity contribution in [1.29, 1.82) is 0 Å². The molecular weight excluding hydrogens is 305 g/mol. The minimum Gasteiger partial charge on any atom is -0.410 e. The minimum absolute atomic E-state index is 0.0387. The Morgan fingerprint density at radius 1 is 1.09 bits per heavy atom. The summed E-state index contributed by atoms with van der Waals surface area (Å²) in [6, 6.07) is 13.0. The number of nitrogens with two attached hydrogens (primary N) is 1. The first-order valence-corrected chi connectivity index (χ1v) is 10.2. The molecule has 0 heterocycles. The van der Waals surface area contributed by atoms with Gasteiger partial charge in [-0.15, -0.1) is 0 Å². The van der Waals surface area contributed by atoms with Gasteiger partial charge >= 0.3 is 0 Å². The van der Waals surface area contributed by atoms with Crippen LogP contribution in [0.25, 0.3) is 11.1 Å². The third-order valence-corrected chi connectivity index (χ3v) is 4.40. The van der Waals surface area contributed by atoms with Gasteiger partial charge in [-0.3, -0.25) is 0 Å². The summed E-state index contributed by atoms with van der Waals surface area (Å²) in [5, 5.41) is 0. The van der Waals surface area contributed by atoms with Crippen LogP contribution in [-0.4, -0.2) is 9.04 Å². The molecule has 2 rings (SSSR count). The second kappa shape index (κ2) is 6.85. The van der Waals surface area contributed by atoms with Gasteiger partial charge < -0.3 is 10.2 Å². The Hall–Kier alpha value is -1.65. The van der Waals surface area contributed by atoms with Crippen molar-refractivity contribution in [1.82, 2.24) is 0 Å². The summed E-state index contributed by atoms with van der Waals surface area (Å²) < 4.78 is 20.2. The molecule has 23 heavy (non-hydrogen) atoms. The summed E-state index contributed by atoms with van der Waals surface area (Å²) in [6.07, 6.45) is -0.0387. The number of halogens is 1. The molecule has 1 radical (unpaired) electrons. The van der Waals surface area contributed by atoms with Gasteiger partial charge in [-0.25, -0.2) is 4.39 Å². The SMILES string of the molecule is C[Si](C)OC(c1ccccc1-c1ccc(N)c(F)c1)C(C)(C)C. The Kier molecular flexibility index (Phi) is 5.27. The van der Waals surface area contributed by atoms with Gasteiger partial charge in [0.1, 0.15) is 5.82 Å². The molecule has 0 amide bonds. The number of hydrogen-bond acceptors (Lipinski definition) is 2. The molecule has 4 heteroatoms. The summed E-state index contributed by atoms with van der Waals surface area (Å²) in [7, 11) is -0.870. The van der Waals surface area contributed by atoms with E-state index in [-0.39, 0.29) is 23.0 Å². The Bertz CT molecular complexity index is 679. The van der Waals surface area contributed by atoms with E-state index < -0.39 is 9.04 Å². The first kappa shape index (κ1) is 17.7. The van der Waals surface area contributed by atoms with E-state index in [2.05, 4.69) is 39.9 Å². The van der Waals surface area contributed by atoms with Crippen molar-refractivity contribution in [2.75, 3.05) is 5.73 Å². The van der Waals surface area contributed by atoms with Gasteiger partial charge in [0.25, 0.3) is 0 Å². The molecule has 0 bridgehead atoms. The van der Waals surface area contributed by atoms with E-state index in [9.17, 15) is 4.39 Å². The lowest BCUT2D eigenvalue weighted by Crippen LogP contribution is -2.26. The van der Waals surface area contributed by atoms with E-state index in [1.807, 2.05) is 24.3 Å². The molecule has 2 N–H and O–H groups in total. The van der Waals surface area contributed by atoms with Crippen LogP contribution < -0.4 is 5.73 Å². The zero-order valence-corrected chi connectivity index (χ0v) is 15.5. The number of rotatable bonds is 4. The van der Waals surface area contributed by atoms with Gasteiger partial charge in [0, 0.05) is 0 Å². The molecule has 1 atom stereocenters. The van der Waals surface area contributed by atoms with Crippen LogP contribution in [0.2, 0.25) is 13.1 Å². The smallest absolute Gasteiger partial charge is 0.205 e. The van der Waals surface area contributed by atoms with Crippen molar-refractivity contribution in [3.8, 4) is 11.1 Å². The third kappa shape index (κ3) is 4.21. The third-order valence-electron chi connectivity index (χ3n) is 3.69. The molecule has 2 nitrogen and oxygen atoms in total. The fraction of sp³-hybridized carbons (Fsp3) is 0.368. The lowest BCUT2D eigenvalue weighted by atomic mass is 9.82. The molecule has 0 aromatic heterocycles. The fourth-order valence-corrected chi connectivity index (χ4v) is 3.58. The Balaban J connectivity index is 2.56. The maximum atomic E-state index is 13.9. The molecule has 2 aromatic carbocycles. The Morgan fingerprint density at radius 2 is 1.74 bits per heavy atom. The summed E-state index contributed by atoms with van der Waals surface area (Å²) in [5.41, 5.74) is 8.63. The minimum atomic E-state index is -0.870. The molecule has 0 saturated carbocycles. The van der Waals surface area contributed by atoms with E-state index in [4.69, 9.17) is 10.2 Å². The van der Waals surface area contributed by atoms with Crippen molar-refractivity contribution in [2.45, 2.75) is 40.0 Å². The van der Waals surface area contributed by atoms with E-state index >= 15 is 0 Å². The molecule has 0 fully saturated rings. The number of hydrogen-bond donors (Lipinski definition) is 1. The Labute approximate surface area is 140 Å². The topological polar surface area (TPSA) is 35.2 Å². The van der Waals surface area contributed by atoms with Crippen LogP contribution in [0.4, 0.5) is 10.1 Å². The molecule has 1 unspecified atom stereocenters. The van der Waals surface area contributed by atoms with Crippen LogP contribution in [0.15, 0.2) is 42.5 Å². The van der Waals surface area contributed by atoms with Gasteiger partial charge in [-0.2, -0.15) is 0 Å². The maximum Gasteiger partial charge on any atom is 0.205 e. The highest BCUT2D eigenvalue weighted by atomic mass is 28.3. The zero-order chi connectivity index (χ0) is 17.2. The van der Waals surface area contributed by atoms with E-state index in [1.54, 1.807) is 6.07 Å². The second-order valence-corrected chi connectivity index (χ2v) is 9.15. The summed E-state index contributed by atoms with van der Waals surface area (Å²) >= 11 is 0. The molecule has 0 saturated heterocycles. The van der Waals surface area contributed by atoms with Crippen molar-refractivity contribution >= 4 is 14.7 Å². The number of nitrogen functional groups attached to an aromatic ring is 1. The largest absolute Gasteiger partial charge is 0.410 e. The maximum absolute atomic E-state index is 13.9. The van der Waals surface area contributed by atoms with Crippen LogP contribution in [0.3, 0.4) is 0 Å². The highest BCUT2D eigenvalue weighted by molar-refractivity contribution is 6.48. The number of anilines is 1. The van der Waals surface area contributed by atoms with Gasteiger partial charge in [0.15, 0.2) is 0 Å². The number of benzene rings is 2. The van der Waals surface area contributed by atoms with E-state index in [0.717, 1.165) is 16.7 Å². The quantitative estimate of drug-likeness (QED) is 0.599. The normalized spacial score (nSPS) is 13.3. The first-order chi connectivity index (χ1) is 10.7. The highest BCUT2D eigenvalue weighted by Gasteiger charge is 2.30. The van der Waals surface area contributed by atoms with E-state index in [1.165, 1.54) is 6.07 Å². The molecule has 0 aliphatic heterocycles. The lowest BCUT2D eigenvalue weighted by Gasteiger charge is -2.34. The molecule has 0 aliphatic rings. The van der Waals surface area contributed by atoms with Crippen LogP contribution in [-0.2, 0) is 4.43 Å². The van der Waals surface area contributed by atoms with E-state index in [0.29, 0.717) is 0 Å². The fourth-order valence-electron chi connectivity index (χ4n) is 2.63. The predicted molar refractivity (Wildman–Crippen MR) is 97.0 cm³/mol. The zero-order valence-electron chi connectivity index (χ0n) is 14.5. The summed E-state index contributed by atoms with van der Waals surface area (Å²) in [5.74, 6) is -0.388. The molecular formula is C19H25FNOSi. The van der Waals surface area contributed by atoms with Crippen LogP contribution >= 0.6 is 0 Å². The summed E-state index contributed by atoms with van der Waals surface area (Å²) in [6.45, 7) is 10.8. The Morgan fingerprint density at radius 3 is 2.30 bits per heavy atom. The van der Waals surface area contributed by atoms with Crippen LogP contribution in [0, 0.1) is 11.2 Å². The van der Waals surface area contributed by atoms with Gasteiger partial charge in [-0.1, -0.05) is 51.1 Å². The molecule has 2 aromatic rings. The van der Waals surface area contributed by atoms with Gasteiger partial charge in [0.2, 0.25) is 9.04 Å². The van der Waals surface area contributed by atoms with Gasteiger partial charge in [0.05, 0.1) is 11.8 Å². The average molecular weight is 330 g/mol.